The van der Waals surface area contributed by atoms with Gasteiger partial charge in [-0.05, 0) is 45.0 Å². The van der Waals surface area contributed by atoms with Gasteiger partial charge in [0.1, 0.15) is 0 Å². The summed E-state index contributed by atoms with van der Waals surface area (Å²) in [5, 5.41) is 3.28. The molecule has 0 bridgehead atoms. The highest BCUT2D eigenvalue weighted by Crippen LogP contribution is 2.13. The van der Waals surface area contributed by atoms with Crippen molar-refractivity contribution in [3.8, 4) is 0 Å². The van der Waals surface area contributed by atoms with Crippen LogP contribution >= 0.6 is 12.4 Å². The molecule has 0 aliphatic carbocycles. The number of piperazine rings is 1. The fourth-order valence-electron chi connectivity index (χ4n) is 2.76. The SMILES string of the molecule is CCN(CC)C(=O)c1ccc(C(=O)N2CCNC[C@@H]2C)cc1.Cl. The second kappa shape index (κ2) is 8.89. The topological polar surface area (TPSA) is 52.7 Å². The van der Waals surface area contributed by atoms with Crippen LogP contribution in [-0.4, -0.2) is 60.4 Å². The van der Waals surface area contributed by atoms with Gasteiger partial charge in [-0.2, -0.15) is 0 Å². The van der Waals surface area contributed by atoms with Gasteiger partial charge in [0.25, 0.3) is 11.8 Å². The molecule has 1 saturated heterocycles. The first-order valence-corrected chi connectivity index (χ1v) is 7.99. The predicted octanol–water partition coefficient (Wildman–Crippen LogP) is 2.02. The molecule has 0 aromatic heterocycles. The van der Waals surface area contributed by atoms with Crippen LogP contribution in [0.4, 0.5) is 0 Å². The van der Waals surface area contributed by atoms with E-state index in [-0.39, 0.29) is 30.3 Å². The minimum Gasteiger partial charge on any atom is -0.339 e. The van der Waals surface area contributed by atoms with Crippen LogP contribution in [0.15, 0.2) is 24.3 Å². The lowest BCUT2D eigenvalue weighted by atomic mass is 10.1. The van der Waals surface area contributed by atoms with Crippen molar-refractivity contribution >= 4 is 24.2 Å². The smallest absolute Gasteiger partial charge is 0.254 e. The lowest BCUT2D eigenvalue weighted by Gasteiger charge is -2.34. The minimum absolute atomic E-state index is 0. The molecule has 1 atom stereocenters. The summed E-state index contributed by atoms with van der Waals surface area (Å²) in [5.41, 5.74) is 1.28. The van der Waals surface area contributed by atoms with Gasteiger partial charge < -0.3 is 15.1 Å². The van der Waals surface area contributed by atoms with E-state index in [4.69, 9.17) is 0 Å². The van der Waals surface area contributed by atoms with E-state index in [2.05, 4.69) is 5.32 Å². The number of benzene rings is 1. The molecule has 0 spiro atoms. The van der Waals surface area contributed by atoms with Gasteiger partial charge in [0.15, 0.2) is 0 Å². The number of nitrogens with zero attached hydrogens (tertiary/aromatic N) is 2. The Morgan fingerprint density at radius 2 is 1.74 bits per heavy atom. The number of amides is 2. The number of hydrogen-bond acceptors (Lipinski definition) is 3. The summed E-state index contributed by atoms with van der Waals surface area (Å²) < 4.78 is 0. The summed E-state index contributed by atoms with van der Waals surface area (Å²) in [6, 6.07) is 7.21. The molecule has 2 rings (SSSR count). The molecule has 1 N–H and O–H groups in total. The Morgan fingerprint density at radius 3 is 2.26 bits per heavy atom. The van der Waals surface area contributed by atoms with E-state index >= 15 is 0 Å². The highest BCUT2D eigenvalue weighted by atomic mass is 35.5. The molecule has 1 aliphatic heterocycles. The predicted molar refractivity (Wildman–Crippen MR) is 94.3 cm³/mol. The largest absolute Gasteiger partial charge is 0.339 e. The van der Waals surface area contributed by atoms with E-state index in [1.807, 2.05) is 25.7 Å². The Balaban J connectivity index is 0.00000264. The average Bonchev–Trinajstić information content (AvgIpc) is 2.56. The van der Waals surface area contributed by atoms with Crippen LogP contribution in [0.25, 0.3) is 0 Å². The molecular weight excluding hydrogens is 314 g/mol. The quantitative estimate of drug-likeness (QED) is 0.913. The van der Waals surface area contributed by atoms with Gasteiger partial charge >= 0.3 is 0 Å². The Labute approximate surface area is 144 Å². The summed E-state index contributed by atoms with van der Waals surface area (Å²) in [6.07, 6.45) is 0. The van der Waals surface area contributed by atoms with Crippen molar-refractivity contribution in [3.05, 3.63) is 35.4 Å². The van der Waals surface area contributed by atoms with E-state index in [1.54, 1.807) is 29.2 Å². The van der Waals surface area contributed by atoms with Crippen LogP contribution in [0.5, 0.6) is 0 Å². The van der Waals surface area contributed by atoms with Crippen LogP contribution in [-0.2, 0) is 0 Å². The van der Waals surface area contributed by atoms with Crippen LogP contribution < -0.4 is 5.32 Å². The minimum atomic E-state index is 0. The normalized spacial score (nSPS) is 17.3. The molecule has 1 aromatic carbocycles. The zero-order valence-electron chi connectivity index (χ0n) is 14.0. The first kappa shape index (κ1) is 19.5. The van der Waals surface area contributed by atoms with E-state index in [9.17, 15) is 9.59 Å². The summed E-state index contributed by atoms with van der Waals surface area (Å²) in [4.78, 5) is 28.5. The van der Waals surface area contributed by atoms with Crippen molar-refractivity contribution in [3.63, 3.8) is 0 Å². The Morgan fingerprint density at radius 1 is 1.17 bits per heavy atom. The Hall–Kier alpha value is -1.59. The number of halogens is 1. The van der Waals surface area contributed by atoms with E-state index in [1.165, 1.54) is 0 Å². The fraction of sp³-hybridized carbons (Fsp3) is 0.529. The van der Waals surface area contributed by atoms with Crippen molar-refractivity contribution in [1.82, 2.24) is 15.1 Å². The van der Waals surface area contributed by atoms with Gasteiger partial charge in [-0.25, -0.2) is 0 Å². The Kier molecular flexibility index (Phi) is 7.52. The third kappa shape index (κ3) is 4.45. The van der Waals surface area contributed by atoms with Crippen molar-refractivity contribution < 1.29 is 9.59 Å². The van der Waals surface area contributed by atoms with Gasteiger partial charge in [-0.3, -0.25) is 9.59 Å². The maximum Gasteiger partial charge on any atom is 0.254 e. The highest BCUT2D eigenvalue weighted by Gasteiger charge is 2.24. The van der Waals surface area contributed by atoms with Crippen LogP contribution in [0.3, 0.4) is 0 Å². The summed E-state index contributed by atoms with van der Waals surface area (Å²) in [6.45, 7) is 9.72. The van der Waals surface area contributed by atoms with Crippen molar-refractivity contribution in [2.24, 2.45) is 0 Å². The number of nitrogens with one attached hydrogen (secondary N) is 1. The van der Waals surface area contributed by atoms with E-state index in [0.717, 1.165) is 19.6 Å². The maximum atomic E-state index is 12.5. The van der Waals surface area contributed by atoms with Gasteiger partial charge in [-0.15, -0.1) is 12.4 Å². The zero-order chi connectivity index (χ0) is 16.1. The lowest BCUT2D eigenvalue weighted by Crippen LogP contribution is -2.52. The van der Waals surface area contributed by atoms with E-state index in [0.29, 0.717) is 24.2 Å². The summed E-state index contributed by atoms with van der Waals surface area (Å²) >= 11 is 0. The summed E-state index contributed by atoms with van der Waals surface area (Å²) in [5.74, 6) is 0.0513. The van der Waals surface area contributed by atoms with Crippen molar-refractivity contribution in [2.45, 2.75) is 26.8 Å². The second-order valence-electron chi connectivity index (χ2n) is 5.61. The molecule has 1 aromatic rings. The standard InChI is InChI=1S/C17H25N3O2.ClH/c1-4-19(5-2)16(21)14-6-8-15(9-7-14)17(22)20-11-10-18-12-13(20)3;/h6-9,13,18H,4-5,10-12H2,1-3H3;1H/t13-;/m0./s1. The maximum absolute atomic E-state index is 12.5. The molecule has 128 valence electrons. The number of hydrogen-bond donors (Lipinski definition) is 1. The monoisotopic (exact) mass is 339 g/mol. The summed E-state index contributed by atoms with van der Waals surface area (Å²) in [7, 11) is 0. The van der Waals surface area contributed by atoms with Crippen LogP contribution in [0.2, 0.25) is 0 Å². The molecule has 1 aliphatic rings. The molecule has 23 heavy (non-hydrogen) atoms. The molecule has 5 nitrogen and oxygen atoms in total. The van der Waals surface area contributed by atoms with Crippen LogP contribution in [0.1, 0.15) is 41.5 Å². The molecular formula is C17H26ClN3O2. The fourth-order valence-corrected chi connectivity index (χ4v) is 2.76. The van der Waals surface area contributed by atoms with Gasteiger partial charge in [0.2, 0.25) is 0 Å². The van der Waals surface area contributed by atoms with Gasteiger partial charge in [-0.1, -0.05) is 0 Å². The highest BCUT2D eigenvalue weighted by molar-refractivity contribution is 5.98. The molecule has 1 heterocycles. The lowest BCUT2D eigenvalue weighted by molar-refractivity contribution is 0.0654. The van der Waals surface area contributed by atoms with Gasteiger partial charge in [0, 0.05) is 49.9 Å². The number of carbonyl (C=O) groups excluding carboxylic acids is 2. The molecule has 0 radical (unpaired) electrons. The first-order chi connectivity index (χ1) is 10.6. The number of rotatable bonds is 4. The molecule has 2 amide bonds. The van der Waals surface area contributed by atoms with Crippen molar-refractivity contribution in [2.75, 3.05) is 32.7 Å². The molecule has 0 saturated carbocycles. The molecule has 0 unspecified atom stereocenters. The average molecular weight is 340 g/mol. The Bertz CT molecular complexity index is 529. The number of carbonyl (C=O) groups is 2. The third-order valence-electron chi connectivity index (χ3n) is 4.19. The second-order valence-corrected chi connectivity index (χ2v) is 5.61. The first-order valence-electron chi connectivity index (χ1n) is 7.99. The molecule has 1 fully saturated rings. The van der Waals surface area contributed by atoms with Gasteiger partial charge in [0.05, 0.1) is 0 Å². The van der Waals surface area contributed by atoms with Crippen molar-refractivity contribution in [1.29, 1.82) is 0 Å². The molecule has 6 heteroatoms. The van der Waals surface area contributed by atoms with E-state index < -0.39 is 0 Å². The zero-order valence-corrected chi connectivity index (χ0v) is 14.9. The van der Waals surface area contributed by atoms with Crippen LogP contribution in [0, 0.1) is 0 Å². The third-order valence-corrected chi connectivity index (χ3v) is 4.19.